The second-order valence-corrected chi connectivity index (χ2v) is 10.2. The van der Waals surface area contributed by atoms with Crippen LogP contribution in [0.1, 0.15) is 43.9 Å². The quantitative estimate of drug-likeness (QED) is 0.201. The predicted octanol–water partition coefficient (Wildman–Crippen LogP) is 2.06. The third kappa shape index (κ3) is 4.04. The standard InChI is InChI=1S/C27H33NO9/c1-11-23(30)16(28)8-19(36-11)37-18-10-27(34,12(2)29)9-13-7-15-22(25(32)20(13)18)26(33)21-14(24(15)31)5-4-6-17(21)35-3/h4-7,11-12,16,18-19,23,29-34H,8-10,28H2,1-3H3/t11-,12?,16-,18-,19-,23+,27-/m0/s1. The van der Waals surface area contributed by atoms with E-state index in [9.17, 15) is 30.6 Å². The van der Waals surface area contributed by atoms with E-state index in [4.69, 9.17) is 19.9 Å². The molecule has 1 heterocycles. The van der Waals surface area contributed by atoms with Gasteiger partial charge in [-0.1, -0.05) is 12.1 Å². The molecule has 3 aromatic carbocycles. The van der Waals surface area contributed by atoms with E-state index in [2.05, 4.69) is 0 Å². The molecule has 1 saturated heterocycles. The number of methoxy groups -OCH3 is 1. The Kier molecular flexibility index (Phi) is 6.38. The van der Waals surface area contributed by atoms with Gasteiger partial charge >= 0.3 is 0 Å². The molecule has 10 nitrogen and oxygen atoms in total. The zero-order valence-corrected chi connectivity index (χ0v) is 20.9. The van der Waals surface area contributed by atoms with Gasteiger partial charge in [-0.2, -0.15) is 0 Å². The summed E-state index contributed by atoms with van der Waals surface area (Å²) in [4.78, 5) is 0. The van der Waals surface area contributed by atoms with Gasteiger partial charge in [-0.3, -0.25) is 0 Å². The predicted molar refractivity (Wildman–Crippen MR) is 135 cm³/mol. The number of aliphatic hydroxyl groups excluding tert-OH is 2. The Morgan fingerprint density at radius 2 is 1.84 bits per heavy atom. The number of hydrogen-bond acceptors (Lipinski definition) is 10. The van der Waals surface area contributed by atoms with Crippen LogP contribution >= 0.6 is 0 Å². The van der Waals surface area contributed by atoms with Gasteiger partial charge in [0.1, 0.15) is 23.0 Å². The highest BCUT2D eigenvalue weighted by Crippen LogP contribution is 2.54. The van der Waals surface area contributed by atoms with Crippen molar-refractivity contribution < 1.29 is 44.8 Å². The van der Waals surface area contributed by atoms with Gasteiger partial charge in [-0.25, -0.2) is 0 Å². The maximum absolute atomic E-state index is 11.5. The molecule has 37 heavy (non-hydrogen) atoms. The highest BCUT2D eigenvalue weighted by atomic mass is 16.7. The summed E-state index contributed by atoms with van der Waals surface area (Å²) in [7, 11) is 1.44. The highest BCUT2D eigenvalue weighted by Gasteiger charge is 2.45. The Labute approximate surface area is 213 Å². The number of aliphatic hydroxyl groups is 3. The Hall–Kier alpha value is -2.86. The monoisotopic (exact) mass is 515 g/mol. The molecule has 8 N–H and O–H groups in total. The Balaban J connectivity index is 1.71. The molecule has 1 fully saturated rings. The molecule has 1 unspecified atom stereocenters. The number of phenols is 3. The number of rotatable bonds is 4. The average molecular weight is 516 g/mol. The molecule has 7 atom stereocenters. The average Bonchev–Trinajstić information content (AvgIpc) is 2.84. The lowest BCUT2D eigenvalue weighted by atomic mass is 9.74. The van der Waals surface area contributed by atoms with E-state index >= 15 is 0 Å². The first kappa shape index (κ1) is 25.8. The van der Waals surface area contributed by atoms with E-state index in [-0.39, 0.29) is 52.7 Å². The molecule has 0 radical (unpaired) electrons. The molecule has 2 aliphatic rings. The Morgan fingerprint density at radius 3 is 2.49 bits per heavy atom. The van der Waals surface area contributed by atoms with Gasteiger partial charge in [-0.05, 0) is 31.5 Å². The van der Waals surface area contributed by atoms with Crippen molar-refractivity contribution in [3.05, 3.63) is 35.4 Å². The third-order valence-corrected chi connectivity index (χ3v) is 7.86. The third-order valence-electron chi connectivity index (χ3n) is 7.86. The topological polar surface area (TPSA) is 175 Å². The summed E-state index contributed by atoms with van der Waals surface area (Å²) in [5.74, 6) is -0.451. The van der Waals surface area contributed by atoms with Crippen LogP contribution in [0.5, 0.6) is 23.0 Å². The molecule has 0 saturated carbocycles. The second kappa shape index (κ2) is 9.16. The first-order valence-electron chi connectivity index (χ1n) is 12.3. The fourth-order valence-electron chi connectivity index (χ4n) is 5.70. The lowest BCUT2D eigenvalue weighted by Crippen LogP contribution is -2.52. The maximum Gasteiger partial charge on any atom is 0.160 e. The van der Waals surface area contributed by atoms with Gasteiger partial charge in [0.05, 0.1) is 47.9 Å². The van der Waals surface area contributed by atoms with Gasteiger partial charge in [0.25, 0.3) is 0 Å². The normalized spacial score (nSPS) is 30.8. The minimum atomic E-state index is -1.60. The van der Waals surface area contributed by atoms with Crippen LogP contribution in [0, 0.1) is 0 Å². The van der Waals surface area contributed by atoms with Gasteiger partial charge in [0, 0.05) is 41.6 Å². The molecule has 0 amide bonds. The van der Waals surface area contributed by atoms with Crippen molar-refractivity contribution >= 4 is 21.5 Å². The summed E-state index contributed by atoms with van der Waals surface area (Å²) in [6.07, 6.45) is -4.34. The van der Waals surface area contributed by atoms with Crippen molar-refractivity contribution in [1.82, 2.24) is 0 Å². The van der Waals surface area contributed by atoms with Crippen LogP contribution in [0.25, 0.3) is 21.5 Å². The lowest BCUT2D eigenvalue weighted by molar-refractivity contribution is -0.250. The lowest BCUT2D eigenvalue weighted by Gasteiger charge is -2.43. The van der Waals surface area contributed by atoms with Gasteiger partial charge in [0.15, 0.2) is 6.29 Å². The Morgan fingerprint density at radius 1 is 1.11 bits per heavy atom. The largest absolute Gasteiger partial charge is 0.507 e. The molecule has 3 aromatic rings. The summed E-state index contributed by atoms with van der Waals surface area (Å²) in [6, 6.07) is 5.92. The van der Waals surface area contributed by atoms with Crippen LogP contribution in [-0.2, 0) is 15.9 Å². The van der Waals surface area contributed by atoms with Gasteiger partial charge in [0.2, 0.25) is 0 Å². The summed E-state index contributed by atoms with van der Waals surface area (Å²) < 4.78 is 17.4. The van der Waals surface area contributed by atoms with E-state index in [0.717, 1.165) is 0 Å². The second-order valence-electron chi connectivity index (χ2n) is 10.2. The number of aromatic hydroxyl groups is 3. The van der Waals surface area contributed by atoms with E-state index in [1.165, 1.54) is 14.0 Å². The number of phenolic OH excluding ortho intramolecular Hbond substituents is 3. The molecular formula is C27H33NO9. The van der Waals surface area contributed by atoms with Crippen molar-refractivity contribution in [2.45, 2.75) is 75.5 Å². The molecular weight excluding hydrogens is 482 g/mol. The molecule has 0 aromatic heterocycles. The molecule has 200 valence electrons. The van der Waals surface area contributed by atoms with E-state index < -0.39 is 42.3 Å². The fraction of sp³-hybridized carbons (Fsp3) is 0.481. The van der Waals surface area contributed by atoms with Crippen molar-refractivity contribution in [3.63, 3.8) is 0 Å². The van der Waals surface area contributed by atoms with E-state index in [1.807, 2.05) is 0 Å². The number of benzene rings is 3. The molecule has 10 heteroatoms. The van der Waals surface area contributed by atoms with Crippen molar-refractivity contribution in [1.29, 1.82) is 0 Å². The highest BCUT2D eigenvalue weighted by molar-refractivity contribution is 6.15. The molecule has 1 aliphatic heterocycles. The minimum absolute atomic E-state index is 0.00870. The number of ether oxygens (including phenoxy) is 3. The summed E-state index contributed by atoms with van der Waals surface area (Å²) in [5.41, 5.74) is 5.20. The molecule has 0 bridgehead atoms. The number of fused-ring (bicyclic) bond motifs is 3. The summed E-state index contributed by atoms with van der Waals surface area (Å²) in [6.45, 7) is 3.14. The fourth-order valence-corrected chi connectivity index (χ4v) is 5.70. The SMILES string of the molecule is COc1cccc2c(O)c3cc4c(c(O)c3c(O)c12)[C@@H](O[C@H]1C[C@H](N)[C@H](O)[C@H](C)O1)C[C@](O)(C(C)O)C4. The van der Waals surface area contributed by atoms with E-state index in [0.29, 0.717) is 22.3 Å². The van der Waals surface area contributed by atoms with Gasteiger partial charge in [-0.15, -0.1) is 0 Å². The number of nitrogens with two attached hydrogens (primary N) is 1. The van der Waals surface area contributed by atoms with Crippen molar-refractivity contribution in [3.8, 4) is 23.0 Å². The van der Waals surface area contributed by atoms with E-state index in [1.54, 1.807) is 31.2 Å². The summed E-state index contributed by atoms with van der Waals surface area (Å²) >= 11 is 0. The summed E-state index contributed by atoms with van der Waals surface area (Å²) in [5, 5.41) is 66.6. The molecule has 1 aliphatic carbocycles. The van der Waals surface area contributed by atoms with Crippen LogP contribution < -0.4 is 10.5 Å². The zero-order valence-electron chi connectivity index (χ0n) is 20.9. The van der Waals surface area contributed by atoms with Crippen LogP contribution in [-0.4, -0.2) is 74.0 Å². The Bertz CT molecular complexity index is 1350. The van der Waals surface area contributed by atoms with Crippen molar-refractivity contribution in [2.24, 2.45) is 5.73 Å². The maximum atomic E-state index is 11.5. The first-order valence-corrected chi connectivity index (χ1v) is 12.3. The van der Waals surface area contributed by atoms with Crippen LogP contribution in [0.4, 0.5) is 0 Å². The van der Waals surface area contributed by atoms with Gasteiger partial charge < -0.3 is 50.6 Å². The molecule has 5 rings (SSSR count). The number of hydrogen-bond donors (Lipinski definition) is 7. The smallest absolute Gasteiger partial charge is 0.160 e. The van der Waals surface area contributed by atoms with Crippen molar-refractivity contribution in [2.75, 3.05) is 7.11 Å². The first-order chi connectivity index (χ1) is 17.5. The van der Waals surface area contributed by atoms with Crippen LogP contribution in [0.2, 0.25) is 0 Å². The van der Waals surface area contributed by atoms with Crippen LogP contribution in [0.3, 0.4) is 0 Å². The molecule has 0 spiro atoms. The zero-order chi connectivity index (χ0) is 26.8. The van der Waals surface area contributed by atoms with Crippen LogP contribution in [0.15, 0.2) is 24.3 Å². The minimum Gasteiger partial charge on any atom is -0.507 e.